The summed E-state index contributed by atoms with van der Waals surface area (Å²) in [7, 11) is 0. The van der Waals surface area contributed by atoms with Crippen LogP contribution in [0.5, 0.6) is 0 Å². The second-order valence-corrected chi connectivity index (χ2v) is 5.09. The molecule has 0 aromatic rings. The van der Waals surface area contributed by atoms with Crippen LogP contribution in [0.4, 0.5) is 0 Å². The van der Waals surface area contributed by atoms with E-state index in [4.69, 9.17) is 5.11 Å². The van der Waals surface area contributed by atoms with E-state index in [1.54, 1.807) is 0 Å². The Morgan fingerprint density at radius 1 is 1.22 bits per heavy atom. The van der Waals surface area contributed by atoms with Crippen LogP contribution in [0, 0.1) is 11.8 Å². The zero-order chi connectivity index (χ0) is 13.1. The van der Waals surface area contributed by atoms with Gasteiger partial charge in [0.15, 0.2) is 0 Å². The van der Waals surface area contributed by atoms with Crippen molar-refractivity contribution in [2.45, 2.75) is 38.1 Å². The maximum atomic E-state index is 11.9. The van der Waals surface area contributed by atoms with Crippen molar-refractivity contribution in [1.82, 2.24) is 10.6 Å². The third kappa shape index (κ3) is 3.00. The molecule has 18 heavy (non-hydrogen) atoms. The Kier molecular flexibility index (Phi) is 3.84. The molecule has 3 unspecified atom stereocenters. The van der Waals surface area contributed by atoms with E-state index >= 15 is 0 Å². The molecule has 3 N–H and O–H groups in total. The predicted octanol–water partition coefficient (Wildman–Crippen LogP) is -0.118. The van der Waals surface area contributed by atoms with E-state index in [2.05, 4.69) is 10.6 Å². The Balaban J connectivity index is 1.78. The molecule has 6 heteroatoms. The molecule has 1 aliphatic carbocycles. The average Bonchev–Trinajstić information content (AvgIpc) is 2.81. The summed E-state index contributed by atoms with van der Waals surface area (Å²) < 4.78 is 0. The Labute approximate surface area is 105 Å². The van der Waals surface area contributed by atoms with Gasteiger partial charge in [0.25, 0.3) is 0 Å². The minimum absolute atomic E-state index is 0.0147. The Morgan fingerprint density at radius 2 is 1.94 bits per heavy atom. The van der Waals surface area contributed by atoms with Gasteiger partial charge in [-0.15, -0.1) is 0 Å². The van der Waals surface area contributed by atoms with Crippen LogP contribution in [-0.2, 0) is 14.4 Å². The van der Waals surface area contributed by atoms with E-state index < -0.39 is 5.97 Å². The molecular formula is C12H18N2O4. The zero-order valence-corrected chi connectivity index (χ0v) is 10.1. The highest BCUT2D eigenvalue weighted by atomic mass is 16.4. The summed E-state index contributed by atoms with van der Waals surface area (Å²) >= 11 is 0. The van der Waals surface area contributed by atoms with Gasteiger partial charge < -0.3 is 15.7 Å². The molecule has 1 aliphatic heterocycles. The average molecular weight is 254 g/mol. The SMILES string of the molecule is O=C1CCC(NC(=O)C2CCC(C(=O)O)C2)CN1. The third-order valence-electron chi connectivity index (χ3n) is 3.76. The molecule has 2 fully saturated rings. The summed E-state index contributed by atoms with van der Waals surface area (Å²) in [6.45, 7) is 0.472. The number of amides is 2. The van der Waals surface area contributed by atoms with Crippen LogP contribution in [0.3, 0.4) is 0 Å². The fourth-order valence-corrected chi connectivity index (χ4v) is 2.62. The number of carboxylic acids is 1. The van der Waals surface area contributed by atoms with Gasteiger partial charge in [-0.25, -0.2) is 0 Å². The van der Waals surface area contributed by atoms with Crippen LogP contribution in [-0.4, -0.2) is 35.5 Å². The molecule has 0 spiro atoms. The summed E-state index contributed by atoms with van der Waals surface area (Å²) in [5, 5.41) is 14.5. The first kappa shape index (κ1) is 12.9. The molecule has 1 heterocycles. The van der Waals surface area contributed by atoms with Crippen molar-refractivity contribution >= 4 is 17.8 Å². The molecule has 100 valence electrons. The number of piperidine rings is 1. The number of hydrogen-bond acceptors (Lipinski definition) is 3. The lowest BCUT2D eigenvalue weighted by molar-refractivity contribution is -0.141. The summed E-state index contributed by atoms with van der Waals surface area (Å²) in [6.07, 6.45) is 2.75. The first-order valence-corrected chi connectivity index (χ1v) is 6.36. The number of aliphatic carboxylic acids is 1. The summed E-state index contributed by atoms with van der Waals surface area (Å²) in [6, 6.07) is -0.0147. The second-order valence-electron chi connectivity index (χ2n) is 5.09. The van der Waals surface area contributed by atoms with Crippen molar-refractivity contribution in [2.24, 2.45) is 11.8 Å². The minimum atomic E-state index is -0.810. The van der Waals surface area contributed by atoms with Gasteiger partial charge in [-0.2, -0.15) is 0 Å². The number of hydrogen-bond donors (Lipinski definition) is 3. The highest BCUT2D eigenvalue weighted by molar-refractivity contribution is 5.82. The van der Waals surface area contributed by atoms with Gasteiger partial charge in [-0.1, -0.05) is 0 Å². The molecule has 3 atom stereocenters. The quantitative estimate of drug-likeness (QED) is 0.654. The Hall–Kier alpha value is -1.59. The number of rotatable bonds is 3. The topological polar surface area (TPSA) is 95.5 Å². The highest BCUT2D eigenvalue weighted by Gasteiger charge is 2.34. The third-order valence-corrected chi connectivity index (χ3v) is 3.76. The Morgan fingerprint density at radius 3 is 2.50 bits per heavy atom. The van der Waals surface area contributed by atoms with E-state index in [0.717, 1.165) is 0 Å². The van der Waals surface area contributed by atoms with Gasteiger partial charge in [0.05, 0.1) is 5.92 Å². The van der Waals surface area contributed by atoms with Crippen LogP contribution in [0.2, 0.25) is 0 Å². The van der Waals surface area contributed by atoms with Crippen molar-refractivity contribution in [1.29, 1.82) is 0 Å². The zero-order valence-electron chi connectivity index (χ0n) is 10.1. The fourth-order valence-electron chi connectivity index (χ4n) is 2.62. The molecule has 0 radical (unpaired) electrons. The number of carboxylic acid groups (broad SMARTS) is 1. The van der Waals surface area contributed by atoms with E-state index in [1.807, 2.05) is 0 Å². The molecule has 0 bridgehead atoms. The normalized spacial score (nSPS) is 31.8. The van der Waals surface area contributed by atoms with Crippen molar-refractivity contribution in [3.8, 4) is 0 Å². The lowest BCUT2D eigenvalue weighted by Gasteiger charge is -2.24. The Bertz CT molecular complexity index is 359. The van der Waals surface area contributed by atoms with Crippen molar-refractivity contribution in [2.75, 3.05) is 6.54 Å². The fraction of sp³-hybridized carbons (Fsp3) is 0.750. The van der Waals surface area contributed by atoms with E-state index in [9.17, 15) is 14.4 Å². The van der Waals surface area contributed by atoms with Crippen LogP contribution in [0.1, 0.15) is 32.1 Å². The molecule has 2 rings (SSSR count). The van der Waals surface area contributed by atoms with E-state index in [1.165, 1.54) is 0 Å². The van der Waals surface area contributed by atoms with Crippen molar-refractivity contribution in [3.05, 3.63) is 0 Å². The molecule has 2 amide bonds. The van der Waals surface area contributed by atoms with Crippen LogP contribution < -0.4 is 10.6 Å². The standard InChI is InChI=1S/C12H18N2O4/c15-10-4-3-9(6-13-10)14-11(16)7-1-2-8(5-7)12(17)18/h7-9H,1-6H2,(H,13,15)(H,14,16)(H,17,18). The first-order chi connectivity index (χ1) is 8.56. The number of carbonyl (C=O) groups excluding carboxylic acids is 2. The van der Waals surface area contributed by atoms with Gasteiger partial charge in [0.2, 0.25) is 11.8 Å². The largest absolute Gasteiger partial charge is 0.481 e. The monoisotopic (exact) mass is 254 g/mol. The van der Waals surface area contributed by atoms with Crippen molar-refractivity contribution in [3.63, 3.8) is 0 Å². The maximum Gasteiger partial charge on any atom is 0.306 e. The van der Waals surface area contributed by atoms with Gasteiger partial charge in [0, 0.05) is 24.9 Å². The molecule has 0 aromatic heterocycles. The predicted molar refractivity (Wildman–Crippen MR) is 62.6 cm³/mol. The molecule has 1 saturated heterocycles. The summed E-state index contributed by atoms with van der Waals surface area (Å²) in [5.74, 6) is -1.43. The summed E-state index contributed by atoms with van der Waals surface area (Å²) in [4.78, 5) is 33.7. The van der Waals surface area contributed by atoms with Crippen LogP contribution >= 0.6 is 0 Å². The maximum absolute atomic E-state index is 11.9. The molecule has 6 nitrogen and oxygen atoms in total. The molecular weight excluding hydrogens is 236 g/mol. The smallest absolute Gasteiger partial charge is 0.306 e. The van der Waals surface area contributed by atoms with Gasteiger partial charge in [0.1, 0.15) is 0 Å². The number of nitrogens with one attached hydrogen (secondary N) is 2. The molecule has 2 aliphatic rings. The first-order valence-electron chi connectivity index (χ1n) is 6.36. The van der Waals surface area contributed by atoms with Crippen LogP contribution in [0.15, 0.2) is 0 Å². The van der Waals surface area contributed by atoms with Gasteiger partial charge in [-0.3, -0.25) is 14.4 Å². The van der Waals surface area contributed by atoms with E-state index in [0.29, 0.717) is 38.6 Å². The second kappa shape index (κ2) is 5.37. The van der Waals surface area contributed by atoms with E-state index in [-0.39, 0.29) is 29.7 Å². The highest BCUT2D eigenvalue weighted by Crippen LogP contribution is 2.31. The van der Waals surface area contributed by atoms with Crippen LogP contribution in [0.25, 0.3) is 0 Å². The summed E-state index contributed by atoms with van der Waals surface area (Å²) in [5.41, 5.74) is 0. The number of carbonyl (C=O) groups is 3. The molecule has 1 saturated carbocycles. The van der Waals surface area contributed by atoms with Crippen molar-refractivity contribution < 1.29 is 19.5 Å². The van der Waals surface area contributed by atoms with Gasteiger partial charge >= 0.3 is 5.97 Å². The molecule has 0 aromatic carbocycles. The lowest BCUT2D eigenvalue weighted by Crippen LogP contribution is -2.49. The lowest BCUT2D eigenvalue weighted by atomic mass is 10.0. The van der Waals surface area contributed by atoms with Gasteiger partial charge in [-0.05, 0) is 25.7 Å². The minimum Gasteiger partial charge on any atom is -0.481 e.